The van der Waals surface area contributed by atoms with Crippen molar-refractivity contribution >= 4 is 44.6 Å². The van der Waals surface area contributed by atoms with Crippen LogP contribution in [0.3, 0.4) is 0 Å². The van der Waals surface area contributed by atoms with Crippen LogP contribution in [0.5, 0.6) is 17.2 Å². The van der Waals surface area contributed by atoms with Crippen LogP contribution in [0.1, 0.15) is 44.9 Å². The second-order valence-corrected chi connectivity index (χ2v) is 11.4. The highest BCUT2D eigenvalue weighted by Crippen LogP contribution is 2.32. The van der Waals surface area contributed by atoms with E-state index in [1.54, 1.807) is 24.3 Å². The van der Waals surface area contributed by atoms with Crippen LogP contribution < -0.4 is 24.8 Å². The molecule has 1 aromatic heterocycles. The number of fused-ring (bicyclic) bond motifs is 2. The Morgan fingerprint density at radius 3 is 2.59 bits per heavy atom. The van der Waals surface area contributed by atoms with E-state index in [4.69, 9.17) is 14.2 Å². The Kier molecular flexibility index (Phi) is 8.07. The van der Waals surface area contributed by atoms with Crippen molar-refractivity contribution in [3.05, 3.63) is 76.7 Å². The van der Waals surface area contributed by atoms with E-state index in [1.807, 2.05) is 43.3 Å². The van der Waals surface area contributed by atoms with Crippen LogP contribution >= 0.6 is 11.3 Å². The van der Waals surface area contributed by atoms with Crippen molar-refractivity contribution in [3.63, 3.8) is 0 Å². The molecule has 41 heavy (non-hydrogen) atoms. The third-order valence-electron chi connectivity index (χ3n) is 7.35. The quantitative estimate of drug-likeness (QED) is 0.228. The maximum atomic E-state index is 13.2. The molecule has 1 saturated heterocycles. The Labute approximate surface area is 243 Å². The lowest BCUT2D eigenvalue weighted by Crippen LogP contribution is -2.21. The molecule has 0 unspecified atom stereocenters. The Bertz CT molecular complexity index is 1580. The van der Waals surface area contributed by atoms with E-state index in [1.165, 1.54) is 37.3 Å². The molecule has 0 atom stereocenters. The zero-order chi connectivity index (χ0) is 28.2. The van der Waals surface area contributed by atoms with Gasteiger partial charge in [0.05, 0.1) is 11.5 Å². The second kappa shape index (κ2) is 12.2. The molecule has 2 amide bonds. The van der Waals surface area contributed by atoms with E-state index in [2.05, 4.69) is 15.5 Å². The smallest absolute Gasteiger partial charge is 0.265 e. The second-order valence-electron chi connectivity index (χ2n) is 10.4. The molecule has 9 heteroatoms. The molecule has 0 radical (unpaired) electrons. The number of amides is 2. The van der Waals surface area contributed by atoms with E-state index in [0.29, 0.717) is 53.1 Å². The summed E-state index contributed by atoms with van der Waals surface area (Å²) >= 11 is 1.44. The summed E-state index contributed by atoms with van der Waals surface area (Å²) in [5, 5.41) is 6.92. The van der Waals surface area contributed by atoms with Gasteiger partial charge < -0.3 is 29.7 Å². The number of ether oxygens (including phenoxy) is 3. The van der Waals surface area contributed by atoms with Crippen molar-refractivity contribution in [2.24, 2.45) is 0 Å². The van der Waals surface area contributed by atoms with Crippen LogP contribution in [0.4, 0.5) is 11.4 Å². The van der Waals surface area contributed by atoms with Gasteiger partial charge in [-0.15, -0.1) is 11.3 Å². The van der Waals surface area contributed by atoms with Crippen LogP contribution in [0, 0.1) is 6.92 Å². The first-order chi connectivity index (χ1) is 20.0. The van der Waals surface area contributed by atoms with Crippen LogP contribution in [0.2, 0.25) is 0 Å². The van der Waals surface area contributed by atoms with Crippen molar-refractivity contribution in [3.8, 4) is 17.2 Å². The molecule has 8 nitrogen and oxygen atoms in total. The highest BCUT2D eigenvalue weighted by Gasteiger charge is 2.17. The summed E-state index contributed by atoms with van der Waals surface area (Å²) in [7, 11) is 0. The van der Waals surface area contributed by atoms with Crippen molar-refractivity contribution < 1.29 is 23.8 Å². The molecule has 2 N–H and O–H groups in total. The van der Waals surface area contributed by atoms with Gasteiger partial charge in [0, 0.05) is 28.2 Å². The lowest BCUT2D eigenvalue weighted by atomic mass is 10.1. The van der Waals surface area contributed by atoms with Gasteiger partial charge in [0.1, 0.15) is 19.0 Å². The van der Waals surface area contributed by atoms with Crippen LogP contribution in [0.25, 0.3) is 10.1 Å². The van der Waals surface area contributed by atoms with Crippen LogP contribution in [-0.2, 0) is 0 Å². The summed E-state index contributed by atoms with van der Waals surface area (Å²) in [6.07, 6.45) is 3.61. The third kappa shape index (κ3) is 6.47. The molecule has 0 bridgehead atoms. The highest BCUT2D eigenvalue weighted by atomic mass is 32.1. The molecule has 1 fully saturated rings. The van der Waals surface area contributed by atoms with Gasteiger partial charge in [0.15, 0.2) is 11.5 Å². The van der Waals surface area contributed by atoms with Gasteiger partial charge in [-0.1, -0.05) is 6.07 Å². The van der Waals surface area contributed by atoms with E-state index in [-0.39, 0.29) is 11.8 Å². The number of anilines is 2. The van der Waals surface area contributed by atoms with Crippen LogP contribution in [-0.4, -0.2) is 56.2 Å². The lowest BCUT2D eigenvalue weighted by molar-refractivity contribution is 0.102. The normalized spacial score (nSPS) is 14.7. The zero-order valence-electron chi connectivity index (χ0n) is 23.0. The summed E-state index contributed by atoms with van der Waals surface area (Å²) in [5.41, 5.74) is 2.56. The van der Waals surface area contributed by atoms with E-state index >= 15 is 0 Å². The Morgan fingerprint density at radius 2 is 1.73 bits per heavy atom. The SMILES string of the molecule is Cc1ccc(NC(=O)c2ccc3c(c2)OCCO3)cc1NC(=O)c1cc2ccc(OCCCN3CCCC3)cc2s1. The van der Waals surface area contributed by atoms with E-state index in [0.717, 1.165) is 34.4 Å². The molecular weight excluding hydrogens is 538 g/mol. The Morgan fingerprint density at radius 1 is 0.902 bits per heavy atom. The standard InChI is InChI=1S/C32H33N3O5S/c1-21-5-8-24(33-31(36)23-7-10-27-28(17-23)40-16-15-39-27)19-26(21)34-32(37)30-18-22-6-9-25(20-29(22)41-30)38-14-4-13-35-11-2-3-12-35/h5-10,17-20H,2-4,11-16H2,1H3,(H,33,36)(H,34,37). The number of hydrogen-bond acceptors (Lipinski definition) is 7. The van der Waals surface area contributed by atoms with Gasteiger partial charge in [-0.2, -0.15) is 0 Å². The number of carbonyl (C=O) groups is 2. The number of aryl methyl sites for hydroxylation is 1. The third-order valence-corrected chi connectivity index (χ3v) is 8.45. The van der Waals surface area contributed by atoms with Gasteiger partial charge in [-0.25, -0.2) is 0 Å². The van der Waals surface area contributed by atoms with Gasteiger partial charge in [-0.05, 0) is 105 Å². The van der Waals surface area contributed by atoms with Gasteiger partial charge >= 0.3 is 0 Å². The van der Waals surface area contributed by atoms with Gasteiger partial charge in [0.25, 0.3) is 11.8 Å². The predicted octanol–water partition coefficient (Wildman–Crippen LogP) is 6.35. The monoisotopic (exact) mass is 571 g/mol. The van der Waals surface area contributed by atoms with Crippen LogP contribution in [0.15, 0.2) is 60.7 Å². The topological polar surface area (TPSA) is 89.1 Å². The van der Waals surface area contributed by atoms with Crippen molar-refractivity contribution in [1.29, 1.82) is 0 Å². The maximum Gasteiger partial charge on any atom is 0.265 e. The maximum absolute atomic E-state index is 13.2. The molecule has 0 spiro atoms. The average Bonchev–Trinajstić information content (AvgIpc) is 3.67. The number of benzene rings is 3. The first kappa shape index (κ1) is 27.1. The number of rotatable bonds is 9. The fraction of sp³-hybridized carbons (Fsp3) is 0.312. The summed E-state index contributed by atoms with van der Waals surface area (Å²) in [4.78, 5) is 29.2. The molecule has 0 aliphatic carbocycles. The molecule has 212 valence electrons. The van der Waals surface area contributed by atoms with Gasteiger partial charge in [0.2, 0.25) is 0 Å². The van der Waals surface area contributed by atoms with Crippen molar-refractivity contribution in [2.75, 3.05) is 50.1 Å². The minimum absolute atomic E-state index is 0.197. The first-order valence-corrected chi connectivity index (χ1v) is 14.9. The first-order valence-electron chi connectivity index (χ1n) is 14.0. The fourth-order valence-corrected chi connectivity index (χ4v) is 6.09. The van der Waals surface area contributed by atoms with Crippen molar-refractivity contribution in [2.45, 2.75) is 26.2 Å². The number of thiophene rings is 1. The fourth-order valence-electron chi connectivity index (χ4n) is 5.10. The van der Waals surface area contributed by atoms with Gasteiger partial charge in [-0.3, -0.25) is 9.59 Å². The number of nitrogens with one attached hydrogen (secondary N) is 2. The zero-order valence-corrected chi connectivity index (χ0v) is 23.9. The molecule has 3 aromatic carbocycles. The summed E-state index contributed by atoms with van der Waals surface area (Å²) in [6, 6.07) is 18.4. The lowest BCUT2D eigenvalue weighted by Gasteiger charge is -2.18. The molecule has 2 aliphatic rings. The number of nitrogens with zero attached hydrogens (tertiary/aromatic N) is 1. The molecular formula is C32H33N3O5S. The summed E-state index contributed by atoms with van der Waals surface area (Å²) in [5.74, 6) is 1.54. The number of likely N-dealkylation sites (tertiary alicyclic amines) is 1. The predicted molar refractivity (Wildman–Crippen MR) is 162 cm³/mol. The van der Waals surface area contributed by atoms with E-state index < -0.39 is 0 Å². The number of hydrogen-bond donors (Lipinski definition) is 2. The molecule has 2 aliphatic heterocycles. The molecule has 3 heterocycles. The Hall–Kier alpha value is -4.08. The summed E-state index contributed by atoms with van der Waals surface area (Å²) < 4.78 is 18.1. The van der Waals surface area contributed by atoms with E-state index in [9.17, 15) is 9.59 Å². The minimum atomic E-state index is -0.276. The minimum Gasteiger partial charge on any atom is -0.493 e. The Balaban J connectivity index is 1.08. The summed E-state index contributed by atoms with van der Waals surface area (Å²) in [6.45, 7) is 7.02. The molecule has 0 saturated carbocycles. The highest BCUT2D eigenvalue weighted by molar-refractivity contribution is 7.20. The molecule has 6 rings (SSSR count). The van der Waals surface area contributed by atoms with Crippen molar-refractivity contribution in [1.82, 2.24) is 4.90 Å². The largest absolute Gasteiger partial charge is 0.493 e. The number of carbonyl (C=O) groups excluding carboxylic acids is 2. The molecule has 4 aromatic rings. The average molecular weight is 572 g/mol.